The van der Waals surface area contributed by atoms with Crippen LogP contribution in [-0.2, 0) is 34.1 Å². The number of likely N-dealkylation sites (tertiary alicyclic amines) is 1. The standard InChI is InChI=1S/C39H64N4O6/c1-11-26(4)34(42(8)37(47)29(25(2)3)22-32(44)38(6,7)40)31(48-9)23-33(45)43-21-15-18-30(43)35(49-10)27(5)36(46)41-24-39(19-20-39)28-16-13-12-14-17-28/h12-14,16-17,25-27,29-31,34-35H,11,15,18-24,40H2,1-10H3,(H,41,46)/t26-,27+,29-,30-,31+,34-,35+/m0/s1. The van der Waals surface area contributed by atoms with Gasteiger partial charge in [-0.2, -0.15) is 0 Å². The third kappa shape index (κ3) is 9.91. The Morgan fingerprint density at radius 1 is 1.04 bits per heavy atom. The highest BCUT2D eigenvalue weighted by Crippen LogP contribution is 2.47. The van der Waals surface area contributed by atoms with Crippen LogP contribution in [-0.4, -0.2) is 97.5 Å². The van der Waals surface area contributed by atoms with Gasteiger partial charge in [0.25, 0.3) is 0 Å². The van der Waals surface area contributed by atoms with Gasteiger partial charge in [-0.15, -0.1) is 0 Å². The summed E-state index contributed by atoms with van der Waals surface area (Å²) in [6, 6.07) is 9.69. The summed E-state index contributed by atoms with van der Waals surface area (Å²) in [6.45, 7) is 14.4. The van der Waals surface area contributed by atoms with Crippen molar-refractivity contribution >= 4 is 23.5 Å². The fourth-order valence-corrected chi connectivity index (χ4v) is 7.57. The van der Waals surface area contributed by atoms with Gasteiger partial charge in [0.05, 0.1) is 42.2 Å². The number of benzene rings is 1. The molecular weight excluding hydrogens is 620 g/mol. The van der Waals surface area contributed by atoms with E-state index in [1.807, 2.05) is 43.9 Å². The van der Waals surface area contributed by atoms with E-state index in [0.717, 1.165) is 32.1 Å². The Hall–Kier alpha value is -2.82. The molecule has 1 aliphatic heterocycles. The number of ketones is 1. The van der Waals surface area contributed by atoms with E-state index >= 15 is 0 Å². The van der Waals surface area contributed by atoms with Crippen molar-refractivity contribution in [2.24, 2.45) is 29.4 Å². The highest BCUT2D eigenvalue weighted by molar-refractivity contribution is 5.92. The van der Waals surface area contributed by atoms with Crippen LogP contribution < -0.4 is 11.1 Å². The summed E-state index contributed by atoms with van der Waals surface area (Å²) >= 11 is 0. The summed E-state index contributed by atoms with van der Waals surface area (Å²) in [5.41, 5.74) is 6.30. The number of nitrogens with two attached hydrogens (primary N) is 1. The third-order valence-electron chi connectivity index (χ3n) is 11.3. The summed E-state index contributed by atoms with van der Waals surface area (Å²) in [5, 5.41) is 3.19. The van der Waals surface area contributed by atoms with Gasteiger partial charge in [-0.1, -0.05) is 71.4 Å². The lowest BCUT2D eigenvalue weighted by Crippen LogP contribution is -2.54. The van der Waals surface area contributed by atoms with Crippen molar-refractivity contribution in [3.63, 3.8) is 0 Å². The highest BCUT2D eigenvalue weighted by Gasteiger charge is 2.46. The molecule has 0 aromatic heterocycles. The summed E-state index contributed by atoms with van der Waals surface area (Å²) in [7, 11) is 4.95. The molecule has 2 aliphatic rings. The van der Waals surface area contributed by atoms with E-state index in [1.165, 1.54) is 5.56 Å². The Morgan fingerprint density at radius 3 is 2.18 bits per heavy atom. The lowest BCUT2D eigenvalue weighted by molar-refractivity contribution is -0.149. The Kier molecular flexibility index (Phi) is 14.4. The van der Waals surface area contributed by atoms with Crippen LogP contribution in [0.15, 0.2) is 30.3 Å². The summed E-state index contributed by atoms with van der Waals surface area (Å²) < 4.78 is 12.0. The molecule has 49 heavy (non-hydrogen) atoms. The number of nitrogens with zero attached hydrogens (tertiary/aromatic N) is 2. The predicted octanol–water partition coefficient (Wildman–Crippen LogP) is 4.72. The Morgan fingerprint density at radius 2 is 1.67 bits per heavy atom. The number of hydrogen-bond donors (Lipinski definition) is 2. The van der Waals surface area contributed by atoms with Crippen molar-refractivity contribution in [2.75, 3.05) is 34.4 Å². The Bertz CT molecular complexity index is 1260. The SMILES string of the molecule is CC[C@H](C)[C@@H]([C@@H](CC(=O)N1CCC[C@H]1[C@H](OC)[C@@H](C)C(=O)NCC1(c2ccccc2)CC1)OC)N(C)C(=O)[C@@H](CC(=O)C(C)(C)N)C(C)C. The van der Waals surface area contributed by atoms with Crippen LogP contribution in [0.2, 0.25) is 0 Å². The highest BCUT2D eigenvalue weighted by atomic mass is 16.5. The fourth-order valence-electron chi connectivity index (χ4n) is 7.57. The number of ether oxygens (including phenoxy) is 2. The minimum absolute atomic E-state index is 0.00380. The van der Waals surface area contributed by atoms with Crippen LogP contribution in [0.1, 0.15) is 99.0 Å². The second-order valence-electron chi connectivity index (χ2n) is 15.7. The molecule has 10 nitrogen and oxygen atoms in total. The molecule has 1 heterocycles. The number of carbonyl (C=O) groups is 4. The molecule has 1 saturated carbocycles. The van der Waals surface area contributed by atoms with Crippen LogP contribution in [0, 0.1) is 23.7 Å². The molecule has 0 radical (unpaired) electrons. The van der Waals surface area contributed by atoms with Gasteiger partial charge in [0, 0.05) is 52.1 Å². The number of carbonyl (C=O) groups excluding carboxylic acids is 4. The van der Waals surface area contributed by atoms with Gasteiger partial charge in [-0.05, 0) is 56.9 Å². The maximum absolute atomic E-state index is 14.1. The predicted molar refractivity (Wildman–Crippen MR) is 193 cm³/mol. The van der Waals surface area contributed by atoms with Gasteiger partial charge >= 0.3 is 0 Å². The molecule has 1 aromatic carbocycles. The summed E-state index contributed by atoms with van der Waals surface area (Å²) in [6.07, 6.45) is 3.52. The number of amides is 3. The van der Waals surface area contributed by atoms with E-state index in [-0.39, 0.29) is 59.6 Å². The minimum Gasteiger partial charge on any atom is -0.379 e. The molecule has 3 rings (SSSR count). The summed E-state index contributed by atoms with van der Waals surface area (Å²) in [4.78, 5) is 58.0. The number of nitrogens with one attached hydrogen (secondary N) is 1. The normalized spacial score (nSPS) is 21.0. The molecule has 276 valence electrons. The van der Waals surface area contributed by atoms with E-state index in [2.05, 4.69) is 31.3 Å². The summed E-state index contributed by atoms with van der Waals surface area (Å²) in [5.74, 6) is -1.52. The van der Waals surface area contributed by atoms with Crippen LogP contribution in [0.4, 0.5) is 0 Å². The number of Topliss-reactive ketones (excluding diaryl/α,β-unsaturated/α-hetero) is 1. The first kappa shape index (κ1) is 40.6. The molecule has 0 spiro atoms. The maximum Gasteiger partial charge on any atom is 0.226 e. The van der Waals surface area contributed by atoms with Crippen LogP contribution in [0.25, 0.3) is 0 Å². The molecule has 1 aliphatic carbocycles. The van der Waals surface area contributed by atoms with Crippen molar-refractivity contribution < 1.29 is 28.7 Å². The van der Waals surface area contributed by atoms with Gasteiger partial charge < -0.3 is 30.3 Å². The van der Waals surface area contributed by atoms with Gasteiger partial charge in [-0.3, -0.25) is 19.2 Å². The third-order valence-corrected chi connectivity index (χ3v) is 11.3. The van der Waals surface area contributed by atoms with E-state index in [0.29, 0.717) is 13.1 Å². The van der Waals surface area contributed by atoms with E-state index in [4.69, 9.17) is 15.2 Å². The molecular formula is C39H64N4O6. The number of likely N-dealkylation sites (N-methyl/N-ethyl adjacent to an activating group) is 1. The Balaban J connectivity index is 1.73. The first-order valence-electron chi connectivity index (χ1n) is 18.3. The first-order chi connectivity index (χ1) is 23.0. The van der Waals surface area contributed by atoms with Gasteiger partial charge in [0.1, 0.15) is 0 Å². The number of rotatable bonds is 19. The molecule has 0 unspecified atom stereocenters. The van der Waals surface area contributed by atoms with Crippen molar-refractivity contribution in [3.8, 4) is 0 Å². The zero-order chi connectivity index (χ0) is 36.7. The monoisotopic (exact) mass is 684 g/mol. The fraction of sp³-hybridized carbons (Fsp3) is 0.744. The molecule has 7 atom stereocenters. The quantitative estimate of drug-likeness (QED) is 0.216. The van der Waals surface area contributed by atoms with Gasteiger partial charge in [0.2, 0.25) is 17.7 Å². The molecule has 1 saturated heterocycles. The largest absolute Gasteiger partial charge is 0.379 e. The lowest BCUT2D eigenvalue weighted by Gasteiger charge is -2.41. The van der Waals surface area contributed by atoms with Crippen molar-refractivity contribution in [1.82, 2.24) is 15.1 Å². The Labute approximate surface area is 295 Å². The van der Waals surface area contributed by atoms with E-state index < -0.39 is 35.6 Å². The molecule has 10 heteroatoms. The van der Waals surface area contributed by atoms with Crippen molar-refractivity contribution in [1.29, 1.82) is 0 Å². The zero-order valence-corrected chi connectivity index (χ0v) is 31.8. The van der Waals surface area contributed by atoms with Crippen molar-refractivity contribution in [2.45, 2.75) is 129 Å². The van der Waals surface area contributed by atoms with Crippen LogP contribution in [0.5, 0.6) is 0 Å². The van der Waals surface area contributed by atoms with E-state index in [9.17, 15) is 19.2 Å². The van der Waals surface area contributed by atoms with E-state index in [1.54, 1.807) is 40.0 Å². The lowest BCUT2D eigenvalue weighted by atomic mass is 9.83. The number of methoxy groups -OCH3 is 2. The minimum atomic E-state index is -1.03. The molecule has 0 bridgehead atoms. The second kappa shape index (κ2) is 17.4. The van der Waals surface area contributed by atoms with Gasteiger partial charge in [-0.25, -0.2) is 0 Å². The average molecular weight is 685 g/mol. The average Bonchev–Trinajstić information content (AvgIpc) is 3.72. The van der Waals surface area contributed by atoms with Crippen LogP contribution >= 0.6 is 0 Å². The smallest absolute Gasteiger partial charge is 0.226 e. The first-order valence-corrected chi connectivity index (χ1v) is 18.3. The molecule has 2 fully saturated rings. The zero-order valence-electron chi connectivity index (χ0n) is 31.8. The molecule has 3 N–H and O–H groups in total. The molecule has 3 amide bonds. The topological polar surface area (TPSA) is 131 Å². The van der Waals surface area contributed by atoms with Crippen molar-refractivity contribution in [3.05, 3.63) is 35.9 Å². The van der Waals surface area contributed by atoms with Gasteiger partial charge in [0.15, 0.2) is 5.78 Å². The number of hydrogen-bond acceptors (Lipinski definition) is 7. The molecule has 1 aromatic rings. The van der Waals surface area contributed by atoms with Crippen LogP contribution in [0.3, 0.4) is 0 Å². The maximum atomic E-state index is 14.1. The second-order valence-corrected chi connectivity index (χ2v) is 15.7.